The Labute approximate surface area is 187 Å². The van der Waals surface area contributed by atoms with Gasteiger partial charge in [0.25, 0.3) is 0 Å². The van der Waals surface area contributed by atoms with Crippen LogP contribution in [0.15, 0.2) is 66.7 Å². The van der Waals surface area contributed by atoms with Crippen LogP contribution in [0, 0.1) is 5.82 Å². The molecule has 0 saturated carbocycles. The molecule has 3 aromatic carbocycles. The first-order valence-electron chi connectivity index (χ1n) is 8.64. The zero-order valence-electron chi connectivity index (χ0n) is 14.8. The molecule has 146 valence electrons. The molecule has 1 heterocycles. The lowest BCUT2D eigenvalue weighted by Crippen LogP contribution is -2.05. The van der Waals surface area contributed by atoms with E-state index in [1.165, 1.54) is 12.1 Å². The largest absolute Gasteiger partial charge is 0.258 e. The number of benzene rings is 3. The summed E-state index contributed by atoms with van der Waals surface area (Å²) >= 11 is 25.0. The fourth-order valence-electron chi connectivity index (χ4n) is 3.04. The van der Waals surface area contributed by atoms with Crippen molar-refractivity contribution < 1.29 is 4.39 Å². The minimum absolute atomic E-state index is 0.324. The van der Waals surface area contributed by atoms with E-state index in [2.05, 4.69) is 0 Å². The van der Waals surface area contributed by atoms with Gasteiger partial charge in [0.05, 0.1) is 17.3 Å². The Bertz CT molecular complexity index is 1170. The molecule has 0 aliphatic carbocycles. The third-order valence-electron chi connectivity index (χ3n) is 4.47. The second-order valence-corrected chi connectivity index (χ2v) is 8.08. The fraction of sp³-hybridized carbons (Fsp3) is 0.0455. The Hall–Kier alpha value is -2.04. The van der Waals surface area contributed by atoms with Crippen LogP contribution in [-0.4, -0.2) is 9.78 Å². The smallest absolute Gasteiger partial charge is 0.124 e. The van der Waals surface area contributed by atoms with Gasteiger partial charge in [-0.05, 0) is 42.0 Å². The van der Waals surface area contributed by atoms with E-state index in [0.29, 0.717) is 38.0 Å². The van der Waals surface area contributed by atoms with Gasteiger partial charge < -0.3 is 0 Å². The van der Waals surface area contributed by atoms with Crippen LogP contribution in [0.25, 0.3) is 22.5 Å². The molecule has 0 amide bonds. The third-order valence-corrected chi connectivity index (χ3v) is 5.68. The molecule has 29 heavy (non-hydrogen) atoms. The van der Waals surface area contributed by atoms with Gasteiger partial charge in [-0.3, -0.25) is 4.68 Å². The van der Waals surface area contributed by atoms with Crippen molar-refractivity contribution in [2.45, 2.75) is 6.54 Å². The lowest BCUT2D eigenvalue weighted by Gasteiger charge is -2.10. The molecule has 0 spiro atoms. The standard InChI is InChI=1S/C22H13Cl4FN2/c23-16-6-1-13(2-7-16)21-20(26)22(14-3-8-17(24)9-4-14)29(28-21)12-15-5-10-18(27)11-19(15)25/h1-11H,12H2. The van der Waals surface area contributed by atoms with Gasteiger partial charge in [0.15, 0.2) is 0 Å². The van der Waals surface area contributed by atoms with E-state index in [9.17, 15) is 4.39 Å². The molecule has 7 heteroatoms. The van der Waals surface area contributed by atoms with Crippen LogP contribution in [0.3, 0.4) is 0 Å². The predicted molar refractivity (Wildman–Crippen MR) is 119 cm³/mol. The van der Waals surface area contributed by atoms with Crippen molar-refractivity contribution in [3.63, 3.8) is 0 Å². The number of rotatable bonds is 4. The summed E-state index contributed by atoms with van der Waals surface area (Å²) in [6.07, 6.45) is 0. The Morgan fingerprint density at radius 3 is 1.93 bits per heavy atom. The zero-order valence-corrected chi connectivity index (χ0v) is 17.9. The van der Waals surface area contributed by atoms with E-state index >= 15 is 0 Å². The van der Waals surface area contributed by atoms with Crippen molar-refractivity contribution in [3.05, 3.63) is 98.2 Å². The van der Waals surface area contributed by atoms with Gasteiger partial charge in [-0.15, -0.1) is 0 Å². The monoisotopic (exact) mass is 464 g/mol. The number of nitrogens with zero attached hydrogens (tertiary/aromatic N) is 2. The van der Waals surface area contributed by atoms with Crippen molar-refractivity contribution in [2.75, 3.05) is 0 Å². The molecule has 0 radical (unpaired) electrons. The van der Waals surface area contributed by atoms with Gasteiger partial charge in [-0.2, -0.15) is 5.10 Å². The minimum atomic E-state index is -0.392. The molecule has 4 aromatic rings. The van der Waals surface area contributed by atoms with Crippen molar-refractivity contribution >= 4 is 46.4 Å². The molecular formula is C22H13Cl4FN2. The van der Waals surface area contributed by atoms with E-state index in [1.807, 2.05) is 24.3 Å². The summed E-state index contributed by atoms with van der Waals surface area (Å²) in [4.78, 5) is 0. The second kappa shape index (κ2) is 8.37. The second-order valence-electron chi connectivity index (χ2n) is 6.42. The Kier molecular flexibility index (Phi) is 5.84. The van der Waals surface area contributed by atoms with E-state index in [1.54, 1.807) is 35.0 Å². The van der Waals surface area contributed by atoms with Crippen LogP contribution in [0.1, 0.15) is 5.56 Å². The molecule has 1 aromatic heterocycles. The summed E-state index contributed by atoms with van der Waals surface area (Å²) in [5.74, 6) is -0.392. The van der Waals surface area contributed by atoms with E-state index in [-0.39, 0.29) is 0 Å². The van der Waals surface area contributed by atoms with Gasteiger partial charge in [0.1, 0.15) is 11.5 Å². The van der Waals surface area contributed by atoms with Crippen LogP contribution in [-0.2, 0) is 6.54 Å². The molecule has 0 fully saturated rings. The summed E-state index contributed by atoms with van der Waals surface area (Å²) in [6, 6.07) is 18.9. The van der Waals surface area contributed by atoms with Crippen LogP contribution in [0.4, 0.5) is 4.39 Å². The first-order chi connectivity index (χ1) is 13.9. The van der Waals surface area contributed by atoms with Crippen LogP contribution >= 0.6 is 46.4 Å². The highest BCUT2D eigenvalue weighted by atomic mass is 35.5. The first-order valence-corrected chi connectivity index (χ1v) is 10.2. The topological polar surface area (TPSA) is 17.8 Å². The van der Waals surface area contributed by atoms with Gasteiger partial charge in [0, 0.05) is 26.2 Å². The number of halogens is 5. The Balaban J connectivity index is 1.86. The van der Waals surface area contributed by atoms with E-state index in [0.717, 1.165) is 16.7 Å². The maximum absolute atomic E-state index is 13.4. The lowest BCUT2D eigenvalue weighted by atomic mass is 10.1. The molecule has 0 atom stereocenters. The highest BCUT2D eigenvalue weighted by Crippen LogP contribution is 2.37. The Morgan fingerprint density at radius 2 is 1.34 bits per heavy atom. The average molecular weight is 466 g/mol. The summed E-state index contributed by atoms with van der Waals surface area (Å²) in [7, 11) is 0. The van der Waals surface area contributed by atoms with Crippen molar-refractivity contribution in [2.24, 2.45) is 0 Å². The van der Waals surface area contributed by atoms with Gasteiger partial charge >= 0.3 is 0 Å². The fourth-order valence-corrected chi connectivity index (χ4v) is 3.87. The number of hydrogen-bond donors (Lipinski definition) is 0. The predicted octanol–water partition coefficient (Wildman–Crippen LogP) is 8.02. The lowest BCUT2D eigenvalue weighted by molar-refractivity contribution is 0.625. The van der Waals surface area contributed by atoms with Crippen LogP contribution in [0.5, 0.6) is 0 Å². The van der Waals surface area contributed by atoms with Crippen molar-refractivity contribution in [1.29, 1.82) is 0 Å². The van der Waals surface area contributed by atoms with E-state index in [4.69, 9.17) is 51.5 Å². The SMILES string of the molecule is Fc1ccc(Cn2nc(-c3ccc(Cl)cc3)c(Cl)c2-c2ccc(Cl)cc2)c(Cl)c1. The maximum atomic E-state index is 13.4. The van der Waals surface area contributed by atoms with Crippen molar-refractivity contribution in [3.8, 4) is 22.5 Å². The average Bonchev–Trinajstić information content (AvgIpc) is 3.01. The maximum Gasteiger partial charge on any atom is 0.124 e. The van der Waals surface area contributed by atoms with Crippen molar-refractivity contribution in [1.82, 2.24) is 9.78 Å². The van der Waals surface area contributed by atoms with Crippen LogP contribution < -0.4 is 0 Å². The summed E-state index contributed by atoms with van der Waals surface area (Å²) in [5.41, 5.74) is 3.74. The van der Waals surface area contributed by atoms with Crippen LogP contribution in [0.2, 0.25) is 20.1 Å². The number of aromatic nitrogens is 2. The van der Waals surface area contributed by atoms with E-state index < -0.39 is 5.82 Å². The van der Waals surface area contributed by atoms with Gasteiger partial charge in [-0.1, -0.05) is 76.7 Å². The highest BCUT2D eigenvalue weighted by Gasteiger charge is 2.20. The molecule has 4 rings (SSSR count). The molecule has 0 aliphatic heterocycles. The molecule has 0 bridgehead atoms. The van der Waals surface area contributed by atoms with Gasteiger partial charge in [0.2, 0.25) is 0 Å². The molecule has 0 unspecified atom stereocenters. The minimum Gasteiger partial charge on any atom is -0.258 e. The Morgan fingerprint density at radius 1 is 0.759 bits per heavy atom. The zero-order chi connectivity index (χ0) is 20.5. The molecule has 2 nitrogen and oxygen atoms in total. The highest BCUT2D eigenvalue weighted by molar-refractivity contribution is 6.36. The summed E-state index contributed by atoms with van der Waals surface area (Å²) in [5, 5.41) is 6.79. The quantitative estimate of drug-likeness (QED) is 0.298. The molecule has 0 saturated heterocycles. The molecule has 0 N–H and O–H groups in total. The molecular weight excluding hydrogens is 453 g/mol. The summed E-state index contributed by atoms with van der Waals surface area (Å²) in [6.45, 7) is 0.324. The summed E-state index contributed by atoms with van der Waals surface area (Å²) < 4.78 is 15.2. The first kappa shape index (κ1) is 20.2. The molecule has 0 aliphatic rings. The number of hydrogen-bond acceptors (Lipinski definition) is 1. The normalized spacial score (nSPS) is 11.1. The van der Waals surface area contributed by atoms with Gasteiger partial charge in [-0.25, -0.2) is 4.39 Å². The third kappa shape index (κ3) is 4.29.